The van der Waals surface area contributed by atoms with Gasteiger partial charge in [-0.3, -0.25) is 19.4 Å². The van der Waals surface area contributed by atoms with Crippen molar-refractivity contribution in [2.75, 3.05) is 31.6 Å². The molecule has 8 heteroatoms. The summed E-state index contributed by atoms with van der Waals surface area (Å²) < 4.78 is 5.51. The Balaban J connectivity index is 1.63. The van der Waals surface area contributed by atoms with Crippen LogP contribution in [0.3, 0.4) is 0 Å². The topological polar surface area (TPSA) is 100 Å². The van der Waals surface area contributed by atoms with E-state index in [1.165, 1.54) is 4.90 Å². The molecule has 0 radical (unpaired) electrons. The lowest BCUT2D eigenvalue weighted by atomic mass is 9.94. The van der Waals surface area contributed by atoms with Crippen molar-refractivity contribution < 1.29 is 24.2 Å². The number of amides is 2. The average molecular weight is 552 g/mol. The van der Waals surface area contributed by atoms with Gasteiger partial charge in [-0.25, -0.2) is 0 Å². The van der Waals surface area contributed by atoms with E-state index in [1.807, 2.05) is 55.5 Å². The van der Waals surface area contributed by atoms with Crippen molar-refractivity contribution in [1.82, 2.24) is 9.88 Å². The van der Waals surface area contributed by atoms with Crippen LogP contribution < -0.4 is 9.64 Å². The maximum atomic E-state index is 14.0. The standard InChI is InChI=1S/C33H33N3O5/c1-3-41-26-16-14-24(15-17-26)18-21-36(22-19-31(37)38)33(40)30-13-7-5-11-28(30)27-10-4-6-12-29(27)32(39)35(2)25-9-8-20-34-23-25/h4-17,20,23H,3,18-19,21-22H2,1-2H3,(H,37,38). The molecule has 210 valence electrons. The molecule has 1 heterocycles. The highest BCUT2D eigenvalue weighted by atomic mass is 16.5. The molecule has 4 rings (SSSR count). The number of carbonyl (C=O) groups is 3. The first-order valence-corrected chi connectivity index (χ1v) is 13.5. The predicted octanol–water partition coefficient (Wildman–Crippen LogP) is 5.58. The van der Waals surface area contributed by atoms with E-state index < -0.39 is 5.97 Å². The molecule has 0 aliphatic rings. The maximum Gasteiger partial charge on any atom is 0.305 e. The lowest BCUT2D eigenvalue weighted by Gasteiger charge is -2.24. The van der Waals surface area contributed by atoms with Crippen LogP contribution in [0.1, 0.15) is 39.6 Å². The number of carboxylic acids is 1. The summed E-state index contributed by atoms with van der Waals surface area (Å²) in [6, 6.07) is 25.5. The minimum Gasteiger partial charge on any atom is -0.494 e. The SMILES string of the molecule is CCOc1ccc(CCN(CCC(=O)O)C(=O)c2ccccc2-c2ccccc2C(=O)N(C)c2cccnc2)cc1. The van der Waals surface area contributed by atoms with Crippen LogP contribution in [0.25, 0.3) is 11.1 Å². The number of nitrogens with zero attached hydrogens (tertiary/aromatic N) is 3. The summed E-state index contributed by atoms with van der Waals surface area (Å²) >= 11 is 0. The van der Waals surface area contributed by atoms with E-state index in [-0.39, 0.29) is 24.8 Å². The zero-order chi connectivity index (χ0) is 29.2. The number of aliphatic carboxylic acids is 1. The highest BCUT2D eigenvalue weighted by Gasteiger charge is 2.24. The van der Waals surface area contributed by atoms with Crippen molar-refractivity contribution >= 4 is 23.5 Å². The number of carbonyl (C=O) groups excluding carboxylic acids is 2. The molecule has 0 spiro atoms. The zero-order valence-electron chi connectivity index (χ0n) is 23.2. The molecular formula is C33H33N3O5. The minimum atomic E-state index is -0.980. The Morgan fingerprint density at radius 2 is 1.44 bits per heavy atom. The Hall–Kier alpha value is -4.98. The number of anilines is 1. The van der Waals surface area contributed by atoms with Crippen molar-refractivity contribution in [1.29, 1.82) is 0 Å². The normalized spacial score (nSPS) is 10.6. The van der Waals surface area contributed by atoms with E-state index in [2.05, 4.69) is 4.98 Å². The quantitative estimate of drug-likeness (QED) is 0.247. The van der Waals surface area contributed by atoms with E-state index in [0.29, 0.717) is 47.5 Å². The summed E-state index contributed by atoms with van der Waals surface area (Å²) in [5.41, 5.74) is 3.69. The van der Waals surface area contributed by atoms with E-state index in [9.17, 15) is 19.5 Å². The van der Waals surface area contributed by atoms with Gasteiger partial charge >= 0.3 is 5.97 Å². The van der Waals surface area contributed by atoms with E-state index >= 15 is 0 Å². The van der Waals surface area contributed by atoms with Gasteiger partial charge in [-0.2, -0.15) is 0 Å². The molecule has 0 bridgehead atoms. The number of hydrogen-bond donors (Lipinski definition) is 1. The first kappa shape index (κ1) is 29.0. The Kier molecular flexibility index (Phi) is 9.83. The number of pyridine rings is 1. The maximum absolute atomic E-state index is 14.0. The Bertz CT molecular complexity index is 1490. The van der Waals surface area contributed by atoms with Crippen LogP contribution in [0.4, 0.5) is 5.69 Å². The van der Waals surface area contributed by atoms with Crippen LogP contribution in [-0.2, 0) is 11.2 Å². The fourth-order valence-corrected chi connectivity index (χ4v) is 4.56. The largest absolute Gasteiger partial charge is 0.494 e. The molecule has 0 fully saturated rings. The molecule has 4 aromatic rings. The fraction of sp³-hybridized carbons (Fsp3) is 0.212. The van der Waals surface area contributed by atoms with Gasteiger partial charge in [0.05, 0.1) is 24.9 Å². The number of aromatic nitrogens is 1. The summed E-state index contributed by atoms with van der Waals surface area (Å²) in [6.07, 6.45) is 3.62. The van der Waals surface area contributed by atoms with Crippen molar-refractivity contribution in [3.05, 3.63) is 114 Å². The van der Waals surface area contributed by atoms with Gasteiger partial charge in [0.25, 0.3) is 11.8 Å². The van der Waals surface area contributed by atoms with Crippen LogP contribution >= 0.6 is 0 Å². The number of ether oxygens (including phenoxy) is 1. The second-order valence-electron chi connectivity index (χ2n) is 9.43. The lowest BCUT2D eigenvalue weighted by molar-refractivity contribution is -0.137. The van der Waals surface area contributed by atoms with E-state index in [0.717, 1.165) is 11.3 Å². The van der Waals surface area contributed by atoms with Crippen molar-refractivity contribution in [2.24, 2.45) is 0 Å². The van der Waals surface area contributed by atoms with E-state index in [1.54, 1.807) is 60.7 Å². The Morgan fingerprint density at radius 3 is 2.02 bits per heavy atom. The second-order valence-corrected chi connectivity index (χ2v) is 9.43. The molecule has 0 aliphatic carbocycles. The third-order valence-electron chi connectivity index (χ3n) is 6.73. The molecular weight excluding hydrogens is 518 g/mol. The third kappa shape index (κ3) is 7.36. The number of carboxylic acid groups (broad SMARTS) is 1. The molecule has 8 nitrogen and oxygen atoms in total. The van der Waals surface area contributed by atoms with Gasteiger partial charge in [0, 0.05) is 37.5 Å². The summed E-state index contributed by atoms with van der Waals surface area (Å²) in [7, 11) is 1.68. The highest BCUT2D eigenvalue weighted by Crippen LogP contribution is 2.30. The molecule has 1 N–H and O–H groups in total. The Labute approximate surface area is 239 Å². The molecule has 1 aromatic heterocycles. The van der Waals surface area contributed by atoms with Gasteiger partial charge in [0.1, 0.15) is 5.75 Å². The molecule has 2 amide bonds. The van der Waals surface area contributed by atoms with Crippen LogP contribution in [-0.4, -0.2) is 59.5 Å². The molecule has 0 atom stereocenters. The summed E-state index contributed by atoms with van der Waals surface area (Å²) in [5.74, 6) is -0.748. The Morgan fingerprint density at radius 1 is 0.805 bits per heavy atom. The van der Waals surface area contributed by atoms with Crippen LogP contribution in [0.5, 0.6) is 5.75 Å². The molecule has 0 saturated carbocycles. The van der Waals surface area contributed by atoms with Gasteiger partial charge < -0.3 is 19.6 Å². The second kappa shape index (κ2) is 13.9. The minimum absolute atomic E-state index is 0.0594. The summed E-state index contributed by atoms with van der Waals surface area (Å²) in [4.78, 5) is 46.2. The number of benzene rings is 3. The van der Waals surface area contributed by atoms with Gasteiger partial charge in [0.2, 0.25) is 0 Å². The third-order valence-corrected chi connectivity index (χ3v) is 6.73. The number of rotatable bonds is 12. The lowest BCUT2D eigenvalue weighted by Crippen LogP contribution is -2.35. The van der Waals surface area contributed by atoms with Gasteiger partial charge in [-0.05, 0) is 66.4 Å². The smallest absolute Gasteiger partial charge is 0.305 e. The van der Waals surface area contributed by atoms with Crippen molar-refractivity contribution in [3.63, 3.8) is 0 Å². The van der Waals surface area contributed by atoms with Gasteiger partial charge in [-0.15, -0.1) is 0 Å². The van der Waals surface area contributed by atoms with Crippen LogP contribution in [0.15, 0.2) is 97.3 Å². The predicted molar refractivity (Wildman–Crippen MR) is 158 cm³/mol. The van der Waals surface area contributed by atoms with Crippen molar-refractivity contribution in [2.45, 2.75) is 19.8 Å². The fourth-order valence-electron chi connectivity index (χ4n) is 4.56. The zero-order valence-corrected chi connectivity index (χ0v) is 23.2. The van der Waals surface area contributed by atoms with E-state index in [4.69, 9.17) is 4.74 Å². The van der Waals surface area contributed by atoms with Gasteiger partial charge in [-0.1, -0.05) is 48.5 Å². The van der Waals surface area contributed by atoms with Crippen molar-refractivity contribution in [3.8, 4) is 16.9 Å². The molecule has 0 unspecified atom stereocenters. The molecule has 0 aliphatic heterocycles. The first-order chi connectivity index (χ1) is 19.9. The average Bonchev–Trinajstić information content (AvgIpc) is 3.01. The monoisotopic (exact) mass is 551 g/mol. The number of hydrogen-bond acceptors (Lipinski definition) is 5. The van der Waals surface area contributed by atoms with Crippen LogP contribution in [0, 0.1) is 0 Å². The molecule has 41 heavy (non-hydrogen) atoms. The molecule has 3 aromatic carbocycles. The highest BCUT2D eigenvalue weighted by molar-refractivity contribution is 6.11. The van der Waals surface area contributed by atoms with Gasteiger partial charge in [0.15, 0.2) is 0 Å². The summed E-state index contributed by atoms with van der Waals surface area (Å²) in [5, 5.41) is 9.36. The van der Waals surface area contributed by atoms with Crippen LogP contribution in [0.2, 0.25) is 0 Å². The first-order valence-electron chi connectivity index (χ1n) is 13.5. The molecule has 0 saturated heterocycles. The summed E-state index contributed by atoms with van der Waals surface area (Å²) in [6.45, 7) is 2.89.